The van der Waals surface area contributed by atoms with Crippen LogP contribution in [-0.2, 0) is 9.53 Å². The van der Waals surface area contributed by atoms with Gasteiger partial charge in [-0.15, -0.1) is 0 Å². The number of carbonyl (C=O) groups excluding carboxylic acids is 1. The van der Waals surface area contributed by atoms with E-state index >= 15 is 0 Å². The molecule has 2 heterocycles. The molecule has 2 saturated heterocycles. The van der Waals surface area contributed by atoms with Crippen LogP contribution in [0, 0.1) is 5.41 Å². The Morgan fingerprint density at radius 1 is 1.35 bits per heavy atom. The first-order valence-corrected chi connectivity index (χ1v) is 8.33. The molecule has 0 saturated carbocycles. The fourth-order valence-corrected chi connectivity index (χ4v) is 3.68. The van der Waals surface area contributed by atoms with Crippen molar-refractivity contribution < 1.29 is 9.53 Å². The standard InChI is InChI=1S/C16H30N2O2/c1-3-7-16(8-10-17-11-9-16)15(19)18(4-2)13-14-6-5-12-20-14/h14,17H,3-13H2,1-2H3. The second-order valence-corrected chi connectivity index (χ2v) is 6.26. The molecule has 0 bridgehead atoms. The van der Waals surface area contributed by atoms with Gasteiger partial charge in [0.2, 0.25) is 5.91 Å². The lowest BCUT2D eigenvalue weighted by Gasteiger charge is -2.40. The van der Waals surface area contributed by atoms with Gasteiger partial charge in [-0.1, -0.05) is 13.3 Å². The van der Waals surface area contributed by atoms with Gasteiger partial charge in [0.1, 0.15) is 0 Å². The number of nitrogens with zero attached hydrogens (tertiary/aromatic N) is 1. The van der Waals surface area contributed by atoms with E-state index in [1.165, 1.54) is 0 Å². The number of hydrogen-bond donors (Lipinski definition) is 1. The first-order chi connectivity index (χ1) is 9.72. The summed E-state index contributed by atoms with van der Waals surface area (Å²) < 4.78 is 5.71. The number of carbonyl (C=O) groups is 1. The average molecular weight is 282 g/mol. The lowest BCUT2D eigenvalue weighted by molar-refractivity contribution is -0.145. The Labute approximate surface area is 123 Å². The van der Waals surface area contributed by atoms with Gasteiger partial charge in [0.15, 0.2) is 0 Å². The van der Waals surface area contributed by atoms with Gasteiger partial charge in [-0.3, -0.25) is 4.79 Å². The maximum atomic E-state index is 13.1. The summed E-state index contributed by atoms with van der Waals surface area (Å²) in [5.41, 5.74) is -0.116. The fourth-order valence-electron chi connectivity index (χ4n) is 3.68. The van der Waals surface area contributed by atoms with E-state index in [1.807, 2.05) is 0 Å². The van der Waals surface area contributed by atoms with Gasteiger partial charge in [0.05, 0.1) is 11.5 Å². The SMILES string of the molecule is CCCC1(C(=O)N(CC)CC2CCCO2)CCNCC1. The summed E-state index contributed by atoms with van der Waals surface area (Å²) in [5, 5.41) is 3.39. The number of hydrogen-bond acceptors (Lipinski definition) is 3. The van der Waals surface area contributed by atoms with E-state index in [0.29, 0.717) is 5.91 Å². The molecule has 4 heteroatoms. The summed E-state index contributed by atoms with van der Waals surface area (Å²) in [6.07, 6.45) is 6.59. The van der Waals surface area contributed by atoms with Crippen LogP contribution in [0.15, 0.2) is 0 Å². The van der Waals surface area contributed by atoms with E-state index in [2.05, 4.69) is 24.1 Å². The van der Waals surface area contributed by atoms with Gasteiger partial charge in [-0.2, -0.15) is 0 Å². The fraction of sp³-hybridized carbons (Fsp3) is 0.938. The van der Waals surface area contributed by atoms with Crippen LogP contribution >= 0.6 is 0 Å². The second kappa shape index (κ2) is 7.41. The Balaban J connectivity index is 2.03. The lowest BCUT2D eigenvalue weighted by atomic mass is 9.74. The molecule has 0 spiro atoms. The lowest BCUT2D eigenvalue weighted by Crippen LogP contribution is -2.50. The molecule has 0 aromatic rings. The van der Waals surface area contributed by atoms with Crippen LogP contribution < -0.4 is 5.32 Å². The maximum Gasteiger partial charge on any atom is 0.228 e. The van der Waals surface area contributed by atoms with Crippen molar-refractivity contribution in [1.29, 1.82) is 0 Å². The first kappa shape index (κ1) is 15.8. The third-order valence-electron chi connectivity index (χ3n) is 4.86. The minimum absolute atomic E-state index is 0.116. The van der Waals surface area contributed by atoms with Crippen molar-refractivity contribution in [3.63, 3.8) is 0 Å². The first-order valence-electron chi connectivity index (χ1n) is 8.33. The van der Waals surface area contributed by atoms with Crippen molar-refractivity contribution in [2.45, 2.75) is 58.5 Å². The number of nitrogens with one attached hydrogen (secondary N) is 1. The smallest absolute Gasteiger partial charge is 0.228 e. The molecular weight excluding hydrogens is 252 g/mol. The predicted molar refractivity (Wildman–Crippen MR) is 80.7 cm³/mol. The summed E-state index contributed by atoms with van der Waals surface area (Å²) in [6.45, 7) is 8.68. The van der Waals surface area contributed by atoms with Gasteiger partial charge in [0, 0.05) is 19.7 Å². The van der Waals surface area contributed by atoms with E-state index in [1.54, 1.807) is 0 Å². The van der Waals surface area contributed by atoms with Gasteiger partial charge in [0.25, 0.3) is 0 Å². The van der Waals surface area contributed by atoms with Gasteiger partial charge in [-0.25, -0.2) is 0 Å². The third-order valence-corrected chi connectivity index (χ3v) is 4.86. The topological polar surface area (TPSA) is 41.6 Å². The summed E-state index contributed by atoms with van der Waals surface area (Å²) in [4.78, 5) is 15.1. The van der Waals surface area contributed by atoms with Crippen molar-refractivity contribution in [2.24, 2.45) is 5.41 Å². The minimum Gasteiger partial charge on any atom is -0.376 e. The Morgan fingerprint density at radius 3 is 2.65 bits per heavy atom. The third kappa shape index (κ3) is 3.53. The molecule has 2 rings (SSSR count). The number of piperidine rings is 1. The van der Waals surface area contributed by atoms with Gasteiger partial charge < -0.3 is 15.0 Å². The predicted octanol–water partition coefficient (Wildman–Crippen LogP) is 2.18. The molecule has 1 N–H and O–H groups in total. The van der Waals surface area contributed by atoms with Crippen molar-refractivity contribution in [1.82, 2.24) is 10.2 Å². The molecule has 20 heavy (non-hydrogen) atoms. The highest BCUT2D eigenvalue weighted by molar-refractivity contribution is 5.83. The zero-order chi connectivity index (χ0) is 14.4. The van der Waals surface area contributed by atoms with E-state index in [-0.39, 0.29) is 11.5 Å². The Hall–Kier alpha value is -0.610. The van der Waals surface area contributed by atoms with Gasteiger partial charge >= 0.3 is 0 Å². The highest BCUT2D eigenvalue weighted by Crippen LogP contribution is 2.36. The van der Waals surface area contributed by atoms with Crippen LogP contribution in [0.4, 0.5) is 0 Å². The van der Waals surface area contributed by atoms with Crippen LogP contribution in [0.25, 0.3) is 0 Å². The number of ether oxygens (including phenoxy) is 1. The molecule has 0 aliphatic carbocycles. The number of rotatable bonds is 6. The number of amides is 1. The average Bonchev–Trinajstić information content (AvgIpc) is 2.98. The monoisotopic (exact) mass is 282 g/mol. The quantitative estimate of drug-likeness (QED) is 0.812. The summed E-state index contributed by atoms with van der Waals surface area (Å²) in [7, 11) is 0. The van der Waals surface area contributed by atoms with Crippen molar-refractivity contribution in [3.05, 3.63) is 0 Å². The second-order valence-electron chi connectivity index (χ2n) is 6.26. The van der Waals surface area contributed by atoms with Crippen molar-refractivity contribution >= 4 is 5.91 Å². The Morgan fingerprint density at radius 2 is 2.10 bits per heavy atom. The zero-order valence-electron chi connectivity index (χ0n) is 13.1. The van der Waals surface area contributed by atoms with Crippen molar-refractivity contribution in [2.75, 3.05) is 32.8 Å². The molecule has 116 valence electrons. The minimum atomic E-state index is -0.116. The van der Waals surface area contributed by atoms with Crippen molar-refractivity contribution in [3.8, 4) is 0 Å². The summed E-state index contributed by atoms with van der Waals surface area (Å²) in [5.74, 6) is 0.374. The zero-order valence-corrected chi connectivity index (χ0v) is 13.1. The molecule has 0 radical (unpaired) electrons. The molecule has 1 atom stereocenters. The van der Waals surface area contributed by atoms with Crippen LogP contribution in [-0.4, -0.2) is 49.7 Å². The van der Waals surface area contributed by atoms with Crippen LogP contribution in [0.3, 0.4) is 0 Å². The van der Waals surface area contributed by atoms with Crippen LogP contribution in [0.5, 0.6) is 0 Å². The van der Waals surface area contributed by atoms with Gasteiger partial charge in [-0.05, 0) is 52.1 Å². The van der Waals surface area contributed by atoms with Crippen LogP contribution in [0.2, 0.25) is 0 Å². The molecule has 2 aliphatic rings. The Kier molecular flexibility index (Phi) is 5.85. The molecule has 1 amide bonds. The molecule has 0 aromatic heterocycles. The normalized spacial score (nSPS) is 25.6. The number of likely N-dealkylation sites (N-methyl/N-ethyl adjacent to an activating group) is 1. The Bertz CT molecular complexity index is 302. The highest BCUT2D eigenvalue weighted by Gasteiger charge is 2.41. The van der Waals surface area contributed by atoms with E-state index in [0.717, 1.165) is 71.3 Å². The largest absolute Gasteiger partial charge is 0.376 e. The summed E-state index contributed by atoms with van der Waals surface area (Å²) in [6, 6.07) is 0. The molecule has 2 aliphatic heterocycles. The molecule has 0 aromatic carbocycles. The van der Waals surface area contributed by atoms with Crippen LogP contribution in [0.1, 0.15) is 52.4 Å². The highest BCUT2D eigenvalue weighted by atomic mass is 16.5. The molecule has 4 nitrogen and oxygen atoms in total. The molecule has 2 fully saturated rings. The van der Waals surface area contributed by atoms with E-state index < -0.39 is 0 Å². The summed E-state index contributed by atoms with van der Waals surface area (Å²) >= 11 is 0. The van der Waals surface area contributed by atoms with E-state index in [9.17, 15) is 4.79 Å². The van der Waals surface area contributed by atoms with E-state index in [4.69, 9.17) is 4.74 Å². The molecular formula is C16H30N2O2. The molecule has 1 unspecified atom stereocenters. The maximum absolute atomic E-state index is 13.1.